The normalized spacial score (nSPS) is 20.3. The van der Waals surface area contributed by atoms with Gasteiger partial charge in [-0.1, -0.05) is 18.2 Å². The zero-order valence-electron chi connectivity index (χ0n) is 12.7. The smallest absolute Gasteiger partial charge is 0.272 e. The van der Waals surface area contributed by atoms with Gasteiger partial charge < -0.3 is 15.0 Å². The Kier molecular flexibility index (Phi) is 4.27. The van der Waals surface area contributed by atoms with Crippen LogP contribution in [0.4, 0.5) is 0 Å². The third-order valence-electron chi connectivity index (χ3n) is 3.85. The highest BCUT2D eigenvalue weighted by Crippen LogP contribution is 2.24. The molecule has 2 heterocycles. The second-order valence-electron chi connectivity index (χ2n) is 5.35. The average Bonchev–Trinajstić information content (AvgIpc) is 3.24. The monoisotopic (exact) mass is 314 g/mol. The summed E-state index contributed by atoms with van der Waals surface area (Å²) in [5.74, 6) is 0.274. The molecule has 2 atom stereocenters. The molecule has 2 N–H and O–H groups in total. The van der Waals surface area contributed by atoms with Crippen LogP contribution in [0.2, 0.25) is 0 Å². The molecule has 1 fully saturated rings. The Balaban J connectivity index is 1.77. The molecule has 0 spiro atoms. The van der Waals surface area contributed by atoms with Gasteiger partial charge in [0.25, 0.3) is 5.91 Å². The second-order valence-corrected chi connectivity index (χ2v) is 5.35. The van der Waals surface area contributed by atoms with Crippen molar-refractivity contribution in [3.05, 3.63) is 48.3 Å². The van der Waals surface area contributed by atoms with E-state index in [1.165, 1.54) is 11.1 Å². The number of amides is 2. The average molecular weight is 314 g/mol. The molecule has 1 saturated heterocycles. The lowest BCUT2D eigenvalue weighted by molar-refractivity contribution is -0.124. The number of nitrogens with one attached hydrogen (secondary N) is 2. The minimum atomic E-state index is -0.551. The van der Waals surface area contributed by atoms with Gasteiger partial charge in [-0.2, -0.15) is 5.10 Å². The largest absolute Gasteiger partial charge is 0.488 e. The van der Waals surface area contributed by atoms with Gasteiger partial charge in [0.15, 0.2) is 0 Å². The van der Waals surface area contributed by atoms with Crippen LogP contribution in [0, 0.1) is 0 Å². The molecule has 120 valence electrons. The third kappa shape index (κ3) is 3.18. The van der Waals surface area contributed by atoms with Crippen molar-refractivity contribution < 1.29 is 14.3 Å². The molecular weight excluding hydrogens is 296 g/mol. The quantitative estimate of drug-likeness (QED) is 0.874. The van der Waals surface area contributed by atoms with Crippen molar-refractivity contribution in [1.29, 1.82) is 0 Å². The molecule has 0 bridgehead atoms. The van der Waals surface area contributed by atoms with E-state index in [2.05, 4.69) is 15.5 Å². The number of likely N-dealkylation sites (tertiary alicyclic amines) is 1. The van der Waals surface area contributed by atoms with E-state index in [0.717, 1.165) is 5.75 Å². The van der Waals surface area contributed by atoms with E-state index < -0.39 is 6.04 Å². The van der Waals surface area contributed by atoms with Crippen molar-refractivity contribution in [3.63, 3.8) is 0 Å². The van der Waals surface area contributed by atoms with Crippen LogP contribution in [0.3, 0.4) is 0 Å². The van der Waals surface area contributed by atoms with E-state index in [1.54, 1.807) is 13.1 Å². The number of nitrogens with zero attached hydrogens (tertiary/aromatic N) is 2. The van der Waals surface area contributed by atoms with Crippen LogP contribution in [0.1, 0.15) is 16.9 Å². The maximum Gasteiger partial charge on any atom is 0.272 e. The number of aromatic nitrogens is 2. The van der Waals surface area contributed by atoms with Crippen LogP contribution in [-0.2, 0) is 4.79 Å². The zero-order valence-corrected chi connectivity index (χ0v) is 12.7. The van der Waals surface area contributed by atoms with Gasteiger partial charge in [0.1, 0.15) is 23.6 Å². The number of carbonyl (C=O) groups excluding carboxylic acids is 2. The Hall–Kier alpha value is -2.83. The van der Waals surface area contributed by atoms with Crippen molar-refractivity contribution in [2.45, 2.75) is 18.6 Å². The minimum absolute atomic E-state index is 0.197. The first kappa shape index (κ1) is 15.1. The fourth-order valence-electron chi connectivity index (χ4n) is 2.74. The van der Waals surface area contributed by atoms with Crippen molar-refractivity contribution in [1.82, 2.24) is 20.4 Å². The number of carbonyl (C=O) groups is 2. The van der Waals surface area contributed by atoms with Crippen LogP contribution >= 0.6 is 0 Å². The van der Waals surface area contributed by atoms with Crippen molar-refractivity contribution in [2.24, 2.45) is 0 Å². The van der Waals surface area contributed by atoms with Gasteiger partial charge in [-0.3, -0.25) is 14.7 Å². The maximum atomic E-state index is 12.6. The van der Waals surface area contributed by atoms with Gasteiger partial charge in [-0.05, 0) is 18.2 Å². The number of para-hydroxylation sites is 1. The van der Waals surface area contributed by atoms with E-state index in [4.69, 9.17) is 4.74 Å². The lowest BCUT2D eigenvalue weighted by atomic mass is 10.2. The molecule has 1 aliphatic heterocycles. The van der Waals surface area contributed by atoms with Crippen LogP contribution in [0.15, 0.2) is 42.6 Å². The van der Waals surface area contributed by atoms with Crippen LogP contribution < -0.4 is 10.1 Å². The highest BCUT2D eigenvalue weighted by atomic mass is 16.5. The summed E-state index contributed by atoms with van der Waals surface area (Å²) in [6.45, 7) is 0.352. The summed E-state index contributed by atoms with van der Waals surface area (Å²) in [5, 5.41) is 9.04. The molecule has 2 aromatic rings. The highest BCUT2D eigenvalue weighted by Gasteiger charge is 2.41. The lowest BCUT2D eigenvalue weighted by Crippen LogP contribution is -2.45. The van der Waals surface area contributed by atoms with E-state index in [1.807, 2.05) is 30.3 Å². The van der Waals surface area contributed by atoms with Gasteiger partial charge in [-0.15, -0.1) is 0 Å². The first-order chi connectivity index (χ1) is 11.2. The molecule has 23 heavy (non-hydrogen) atoms. The van der Waals surface area contributed by atoms with E-state index in [9.17, 15) is 9.59 Å². The SMILES string of the molecule is CNC(=O)[C@@H]1C[C@H](Oc2ccccc2)CN1C(=O)c1ccn[nH]1. The number of aromatic amines is 1. The number of H-pyrrole nitrogens is 1. The molecule has 1 aromatic carbocycles. The molecular formula is C16H18N4O3. The standard InChI is InChI=1S/C16H18N4O3/c1-17-15(21)14-9-12(23-11-5-3-2-4-6-11)10-20(14)16(22)13-7-8-18-19-13/h2-8,12,14H,9-10H2,1H3,(H,17,21)(H,18,19)/t12-,14-/m0/s1. The number of likely N-dealkylation sites (N-methyl/N-ethyl adjacent to an activating group) is 1. The summed E-state index contributed by atoms with van der Waals surface area (Å²) in [5.41, 5.74) is 0.360. The Morgan fingerprint density at radius 1 is 1.30 bits per heavy atom. The summed E-state index contributed by atoms with van der Waals surface area (Å²) >= 11 is 0. The Labute approximate surface area is 133 Å². The number of rotatable bonds is 4. The van der Waals surface area contributed by atoms with Crippen LogP contribution in [-0.4, -0.2) is 52.6 Å². The first-order valence-corrected chi connectivity index (χ1v) is 7.42. The number of hydrogen-bond donors (Lipinski definition) is 2. The van der Waals surface area contributed by atoms with Gasteiger partial charge in [-0.25, -0.2) is 0 Å². The molecule has 7 heteroatoms. The van der Waals surface area contributed by atoms with E-state index >= 15 is 0 Å². The number of benzene rings is 1. The number of ether oxygens (including phenoxy) is 1. The van der Waals surface area contributed by atoms with Gasteiger partial charge in [0.05, 0.1) is 6.54 Å². The number of hydrogen-bond acceptors (Lipinski definition) is 4. The zero-order chi connectivity index (χ0) is 16.2. The molecule has 1 aromatic heterocycles. The lowest BCUT2D eigenvalue weighted by Gasteiger charge is -2.22. The Bertz CT molecular complexity index is 672. The summed E-state index contributed by atoms with van der Waals surface area (Å²) in [6.07, 6.45) is 1.73. The predicted molar refractivity (Wildman–Crippen MR) is 83.0 cm³/mol. The summed E-state index contributed by atoms with van der Waals surface area (Å²) in [4.78, 5) is 26.2. The van der Waals surface area contributed by atoms with E-state index in [0.29, 0.717) is 18.7 Å². The molecule has 7 nitrogen and oxygen atoms in total. The molecule has 0 radical (unpaired) electrons. The summed E-state index contributed by atoms with van der Waals surface area (Å²) in [6, 6.07) is 10.4. The van der Waals surface area contributed by atoms with Gasteiger partial charge in [0, 0.05) is 19.7 Å². The van der Waals surface area contributed by atoms with Gasteiger partial charge >= 0.3 is 0 Å². The minimum Gasteiger partial charge on any atom is -0.488 e. The van der Waals surface area contributed by atoms with Crippen molar-refractivity contribution >= 4 is 11.8 Å². The van der Waals surface area contributed by atoms with Crippen LogP contribution in [0.25, 0.3) is 0 Å². The molecule has 0 unspecified atom stereocenters. The summed E-state index contributed by atoms with van der Waals surface area (Å²) < 4.78 is 5.90. The fourth-order valence-corrected chi connectivity index (χ4v) is 2.74. The molecule has 0 saturated carbocycles. The fraction of sp³-hybridized carbons (Fsp3) is 0.312. The topological polar surface area (TPSA) is 87.3 Å². The predicted octanol–water partition coefficient (Wildman–Crippen LogP) is 0.818. The molecule has 1 aliphatic rings. The molecule has 0 aliphatic carbocycles. The van der Waals surface area contributed by atoms with Crippen molar-refractivity contribution in [2.75, 3.05) is 13.6 Å². The van der Waals surface area contributed by atoms with E-state index in [-0.39, 0.29) is 17.9 Å². The van der Waals surface area contributed by atoms with Gasteiger partial charge in [0.2, 0.25) is 5.91 Å². The Morgan fingerprint density at radius 2 is 2.09 bits per heavy atom. The van der Waals surface area contributed by atoms with Crippen molar-refractivity contribution in [3.8, 4) is 5.75 Å². The summed E-state index contributed by atoms with van der Waals surface area (Å²) in [7, 11) is 1.56. The third-order valence-corrected chi connectivity index (χ3v) is 3.85. The van der Waals surface area contributed by atoms with Crippen LogP contribution in [0.5, 0.6) is 5.75 Å². The molecule has 3 rings (SSSR count). The molecule has 2 amide bonds. The second kappa shape index (κ2) is 6.51. The Morgan fingerprint density at radius 3 is 2.74 bits per heavy atom. The highest BCUT2D eigenvalue weighted by molar-refractivity contribution is 5.96. The first-order valence-electron chi connectivity index (χ1n) is 7.42. The maximum absolute atomic E-state index is 12.6.